The van der Waals surface area contributed by atoms with Crippen molar-refractivity contribution in [2.24, 2.45) is 0 Å². The third kappa shape index (κ3) is 3.14. The Labute approximate surface area is 136 Å². The van der Waals surface area contributed by atoms with Gasteiger partial charge in [-0.2, -0.15) is 0 Å². The van der Waals surface area contributed by atoms with Crippen LogP contribution in [-0.4, -0.2) is 24.5 Å². The van der Waals surface area contributed by atoms with Gasteiger partial charge in [-0.05, 0) is 34.5 Å². The molecule has 21 heavy (non-hydrogen) atoms. The number of amides is 1. The molecule has 0 N–H and O–H groups in total. The third-order valence-corrected chi connectivity index (χ3v) is 5.33. The van der Waals surface area contributed by atoms with Crippen molar-refractivity contribution in [3.63, 3.8) is 0 Å². The molecular formula is C16H16BrNO2S. The fourth-order valence-corrected chi connectivity index (χ4v) is 4.12. The summed E-state index contributed by atoms with van der Waals surface area (Å²) in [7, 11) is 1.87. The number of rotatable bonds is 3. The van der Waals surface area contributed by atoms with Gasteiger partial charge in [0.2, 0.25) is 5.91 Å². The first-order chi connectivity index (χ1) is 10.1. The van der Waals surface area contributed by atoms with Gasteiger partial charge < -0.3 is 9.64 Å². The van der Waals surface area contributed by atoms with E-state index in [1.165, 1.54) is 4.88 Å². The van der Waals surface area contributed by atoms with Crippen LogP contribution in [0.5, 0.6) is 5.75 Å². The summed E-state index contributed by atoms with van der Waals surface area (Å²) in [5.74, 6) is 0.910. The van der Waals surface area contributed by atoms with Crippen molar-refractivity contribution in [2.45, 2.75) is 18.9 Å². The molecule has 1 atom stereocenters. The number of carbonyl (C=O) groups excluding carboxylic acids is 1. The highest BCUT2D eigenvalue weighted by Gasteiger charge is 2.29. The molecule has 1 aliphatic rings. The number of carbonyl (C=O) groups is 1. The number of likely N-dealkylation sites (N-methyl/N-ethyl adjacent to an activating group) is 1. The fraction of sp³-hybridized carbons (Fsp3) is 0.312. The van der Waals surface area contributed by atoms with Crippen LogP contribution in [0.15, 0.2) is 40.2 Å². The monoisotopic (exact) mass is 365 g/mol. The lowest BCUT2D eigenvalue weighted by Gasteiger charge is -2.28. The number of hydrogen-bond donors (Lipinski definition) is 0. The molecular weight excluding hydrogens is 350 g/mol. The molecule has 0 radical (unpaired) electrons. The predicted molar refractivity (Wildman–Crippen MR) is 87.8 cm³/mol. The lowest BCUT2D eigenvalue weighted by Crippen LogP contribution is -2.33. The number of para-hydroxylation sites is 1. The summed E-state index contributed by atoms with van der Waals surface area (Å²) in [4.78, 5) is 15.7. The maximum Gasteiger partial charge on any atom is 0.230 e. The minimum absolute atomic E-state index is 0.0941. The molecule has 3 rings (SSSR count). The summed E-state index contributed by atoms with van der Waals surface area (Å²) in [5.41, 5.74) is 1.01. The Bertz CT molecular complexity index is 655. The zero-order chi connectivity index (χ0) is 14.8. The first-order valence-electron chi connectivity index (χ1n) is 6.85. The highest BCUT2D eigenvalue weighted by atomic mass is 79.9. The first-order valence-corrected chi connectivity index (χ1v) is 8.52. The van der Waals surface area contributed by atoms with Gasteiger partial charge in [0.15, 0.2) is 0 Å². The Hall–Kier alpha value is -1.33. The number of fused-ring (bicyclic) bond motifs is 1. The van der Waals surface area contributed by atoms with Crippen molar-refractivity contribution < 1.29 is 9.53 Å². The summed E-state index contributed by atoms with van der Waals surface area (Å²) < 4.78 is 6.70. The van der Waals surface area contributed by atoms with Crippen molar-refractivity contribution in [1.29, 1.82) is 0 Å². The minimum Gasteiger partial charge on any atom is -0.493 e. The number of thiophene rings is 1. The Morgan fingerprint density at radius 2 is 2.29 bits per heavy atom. The lowest BCUT2D eigenvalue weighted by molar-refractivity contribution is -0.132. The molecule has 1 aromatic carbocycles. The zero-order valence-electron chi connectivity index (χ0n) is 11.7. The lowest BCUT2D eigenvalue weighted by atomic mass is 9.92. The van der Waals surface area contributed by atoms with E-state index in [9.17, 15) is 4.79 Å². The van der Waals surface area contributed by atoms with Gasteiger partial charge in [0, 0.05) is 27.3 Å². The highest BCUT2D eigenvalue weighted by Crippen LogP contribution is 2.34. The van der Waals surface area contributed by atoms with E-state index in [0.29, 0.717) is 13.2 Å². The van der Waals surface area contributed by atoms with Crippen molar-refractivity contribution in [1.82, 2.24) is 4.90 Å². The SMILES string of the molecule is CN(Cc1cc(Br)cs1)C(=O)C1CCOc2ccccc21. The van der Waals surface area contributed by atoms with E-state index >= 15 is 0 Å². The number of ether oxygens (including phenoxy) is 1. The van der Waals surface area contributed by atoms with Gasteiger partial charge in [0.1, 0.15) is 5.75 Å². The molecule has 0 aliphatic carbocycles. The zero-order valence-corrected chi connectivity index (χ0v) is 14.1. The second-order valence-corrected chi connectivity index (χ2v) is 7.06. The first kappa shape index (κ1) is 14.6. The highest BCUT2D eigenvalue weighted by molar-refractivity contribution is 9.10. The molecule has 0 saturated heterocycles. The third-order valence-electron chi connectivity index (χ3n) is 3.65. The predicted octanol–water partition coefficient (Wildman–Crippen LogP) is 4.04. The second kappa shape index (κ2) is 6.20. The number of benzene rings is 1. The summed E-state index contributed by atoms with van der Waals surface area (Å²) in [5, 5.41) is 2.04. The molecule has 0 bridgehead atoms. The van der Waals surface area contributed by atoms with E-state index in [1.54, 1.807) is 11.3 Å². The van der Waals surface area contributed by atoms with E-state index in [1.807, 2.05) is 41.6 Å². The fourth-order valence-electron chi connectivity index (χ4n) is 2.61. The summed E-state index contributed by atoms with van der Waals surface area (Å²) in [6.45, 7) is 1.25. The van der Waals surface area contributed by atoms with Crippen LogP contribution in [-0.2, 0) is 11.3 Å². The van der Waals surface area contributed by atoms with Gasteiger partial charge in [-0.3, -0.25) is 4.79 Å². The Kier molecular flexibility index (Phi) is 4.31. The van der Waals surface area contributed by atoms with Crippen LogP contribution >= 0.6 is 27.3 Å². The molecule has 1 aliphatic heterocycles. The van der Waals surface area contributed by atoms with Crippen LogP contribution in [0.1, 0.15) is 22.8 Å². The molecule has 1 unspecified atom stereocenters. The summed E-state index contributed by atoms with van der Waals surface area (Å²) in [6.07, 6.45) is 0.744. The molecule has 2 heterocycles. The average molecular weight is 366 g/mol. The number of hydrogen-bond acceptors (Lipinski definition) is 3. The van der Waals surface area contributed by atoms with Gasteiger partial charge >= 0.3 is 0 Å². The number of nitrogens with zero attached hydrogens (tertiary/aromatic N) is 1. The smallest absolute Gasteiger partial charge is 0.230 e. The van der Waals surface area contributed by atoms with E-state index in [-0.39, 0.29) is 11.8 Å². The van der Waals surface area contributed by atoms with Crippen molar-refractivity contribution in [3.05, 3.63) is 50.6 Å². The molecule has 1 aromatic heterocycles. The van der Waals surface area contributed by atoms with Gasteiger partial charge in [-0.15, -0.1) is 11.3 Å². The van der Waals surface area contributed by atoms with Crippen LogP contribution in [0.4, 0.5) is 0 Å². The van der Waals surface area contributed by atoms with E-state index in [0.717, 1.165) is 22.2 Å². The number of halogens is 1. The van der Waals surface area contributed by atoms with Crippen LogP contribution in [0.2, 0.25) is 0 Å². The largest absolute Gasteiger partial charge is 0.493 e. The molecule has 5 heteroatoms. The summed E-state index contributed by atoms with van der Waals surface area (Å²) >= 11 is 5.11. The van der Waals surface area contributed by atoms with Crippen LogP contribution in [0.3, 0.4) is 0 Å². The van der Waals surface area contributed by atoms with Crippen LogP contribution in [0, 0.1) is 0 Å². The molecule has 1 amide bonds. The standard InChI is InChI=1S/C16H16BrNO2S/c1-18(9-12-8-11(17)10-21-12)16(19)14-6-7-20-15-5-3-2-4-13(14)15/h2-5,8,10,14H,6-7,9H2,1H3. The Balaban J connectivity index is 1.76. The van der Waals surface area contributed by atoms with Crippen molar-refractivity contribution in [2.75, 3.05) is 13.7 Å². The van der Waals surface area contributed by atoms with Crippen molar-refractivity contribution in [3.8, 4) is 5.75 Å². The second-order valence-electron chi connectivity index (χ2n) is 5.15. The molecule has 0 saturated carbocycles. The molecule has 0 fully saturated rings. The van der Waals surface area contributed by atoms with E-state index in [4.69, 9.17) is 4.74 Å². The van der Waals surface area contributed by atoms with Crippen LogP contribution in [0.25, 0.3) is 0 Å². The van der Waals surface area contributed by atoms with Crippen molar-refractivity contribution >= 4 is 33.2 Å². The minimum atomic E-state index is -0.0941. The average Bonchev–Trinajstić information content (AvgIpc) is 2.91. The van der Waals surface area contributed by atoms with E-state index in [2.05, 4.69) is 22.0 Å². The van der Waals surface area contributed by atoms with Gasteiger partial charge in [-0.25, -0.2) is 0 Å². The molecule has 2 aromatic rings. The Morgan fingerprint density at radius 3 is 3.05 bits per heavy atom. The summed E-state index contributed by atoms with van der Waals surface area (Å²) in [6, 6.07) is 9.90. The quantitative estimate of drug-likeness (QED) is 0.821. The van der Waals surface area contributed by atoms with Gasteiger partial charge in [-0.1, -0.05) is 18.2 Å². The normalized spacial score (nSPS) is 17.0. The maximum atomic E-state index is 12.7. The molecule has 0 spiro atoms. The topological polar surface area (TPSA) is 29.5 Å². The Morgan fingerprint density at radius 1 is 1.48 bits per heavy atom. The molecule has 110 valence electrons. The molecule has 3 nitrogen and oxygen atoms in total. The van der Waals surface area contributed by atoms with Crippen LogP contribution < -0.4 is 4.74 Å². The maximum absolute atomic E-state index is 12.7. The van der Waals surface area contributed by atoms with Gasteiger partial charge in [0.05, 0.1) is 19.1 Å². The van der Waals surface area contributed by atoms with E-state index < -0.39 is 0 Å². The van der Waals surface area contributed by atoms with Gasteiger partial charge in [0.25, 0.3) is 0 Å².